The van der Waals surface area contributed by atoms with Gasteiger partial charge in [0.05, 0.1) is 22.5 Å². The normalized spacial score (nSPS) is 9.83. The number of aromatic nitrogens is 1. The molecule has 0 bridgehead atoms. The van der Waals surface area contributed by atoms with Gasteiger partial charge in [0.25, 0.3) is 0 Å². The highest BCUT2D eigenvalue weighted by Gasteiger charge is 2.08. The highest BCUT2D eigenvalue weighted by atomic mass is 35.5. The zero-order valence-corrected chi connectivity index (χ0v) is 11.7. The molecule has 0 spiro atoms. The minimum atomic E-state index is 0.0479. The fourth-order valence-electron chi connectivity index (χ4n) is 1.22. The summed E-state index contributed by atoms with van der Waals surface area (Å²) in [5, 5.41) is 9.89. The van der Waals surface area contributed by atoms with E-state index in [0.29, 0.717) is 30.2 Å². The Labute approximate surface area is 116 Å². The first-order chi connectivity index (χ1) is 8.63. The van der Waals surface area contributed by atoms with Gasteiger partial charge in [-0.15, -0.1) is 11.8 Å². The van der Waals surface area contributed by atoms with Crippen molar-refractivity contribution in [3.05, 3.63) is 23.4 Å². The molecule has 0 aliphatic carbocycles. The lowest BCUT2D eigenvalue weighted by molar-refractivity contribution is -0.129. The number of hydrogen-bond acceptors (Lipinski definition) is 4. The third-order valence-electron chi connectivity index (χ3n) is 2.25. The highest BCUT2D eigenvalue weighted by Crippen LogP contribution is 2.18. The second-order valence-corrected chi connectivity index (χ2v) is 5.19. The van der Waals surface area contributed by atoms with Crippen LogP contribution in [0.3, 0.4) is 0 Å². The summed E-state index contributed by atoms with van der Waals surface area (Å²) in [7, 11) is 1.71. The van der Waals surface area contributed by atoms with Crippen LogP contribution in [0.1, 0.15) is 12.8 Å². The molecule has 96 valence electrons. The number of carbonyl (C=O) groups excluding carboxylic acids is 1. The molecule has 1 aromatic rings. The van der Waals surface area contributed by atoms with Crippen LogP contribution in [0.25, 0.3) is 0 Å². The first-order valence-corrected chi connectivity index (χ1v) is 6.85. The maximum absolute atomic E-state index is 11.7. The molecule has 1 aromatic heterocycles. The fourth-order valence-corrected chi connectivity index (χ4v) is 2.11. The number of carbonyl (C=O) groups is 1. The zero-order valence-electron chi connectivity index (χ0n) is 10.1. The first kappa shape index (κ1) is 14.8. The largest absolute Gasteiger partial charge is 0.345 e. The molecule has 0 saturated carbocycles. The van der Waals surface area contributed by atoms with E-state index in [4.69, 9.17) is 16.9 Å². The van der Waals surface area contributed by atoms with Crippen molar-refractivity contribution in [1.82, 2.24) is 9.88 Å². The average molecular weight is 284 g/mol. The van der Waals surface area contributed by atoms with E-state index < -0.39 is 0 Å². The van der Waals surface area contributed by atoms with Gasteiger partial charge in [0.2, 0.25) is 5.91 Å². The van der Waals surface area contributed by atoms with Crippen molar-refractivity contribution in [1.29, 1.82) is 5.26 Å². The SMILES string of the molecule is CN(CCC#N)C(=O)CCSc1ccc(Cl)cn1. The highest BCUT2D eigenvalue weighted by molar-refractivity contribution is 7.99. The summed E-state index contributed by atoms with van der Waals surface area (Å²) >= 11 is 7.24. The van der Waals surface area contributed by atoms with Crippen LogP contribution < -0.4 is 0 Å². The smallest absolute Gasteiger partial charge is 0.223 e. The van der Waals surface area contributed by atoms with Gasteiger partial charge in [-0.25, -0.2) is 4.98 Å². The maximum Gasteiger partial charge on any atom is 0.223 e. The summed E-state index contributed by atoms with van der Waals surface area (Å²) in [4.78, 5) is 17.4. The Kier molecular flexibility index (Phi) is 6.55. The summed E-state index contributed by atoms with van der Waals surface area (Å²) in [5.41, 5.74) is 0. The van der Waals surface area contributed by atoms with Gasteiger partial charge in [0, 0.05) is 32.0 Å². The summed E-state index contributed by atoms with van der Waals surface area (Å²) in [6, 6.07) is 5.62. The van der Waals surface area contributed by atoms with Crippen LogP contribution >= 0.6 is 23.4 Å². The lowest BCUT2D eigenvalue weighted by Gasteiger charge is -2.14. The molecule has 18 heavy (non-hydrogen) atoms. The number of nitrogens with zero attached hydrogens (tertiary/aromatic N) is 3. The van der Waals surface area contributed by atoms with E-state index in [1.54, 1.807) is 24.2 Å². The molecule has 0 fully saturated rings. The van der Waals surface area contributed by atoms with Gasteiger partial charge in [-0.2, -0.15) is 5.26 Å². The second kappa shape index (κ2) is 7.96. The number of hydrogen-bond donors (Lipinski definition) is 0. The van der Waals surface area contributed by atoms with Crippen LogP contribution in [-0.2, 0) is 4.79 Å². The van der Waals surface area contributed by atoms with E-state index in [2.05, 4.69) is 4.98 Å². The van der Waals surface area contributed by atoms with Gasteiger partial charge in [0.15, 0.2) is 0 Å². The number of amides is 1. The molecule has 6 heteroatoms. The number of rotatable bonds is 6. The third-order valence-corrected chi connectivity index (χ3v) is 3.42. The average Bonchev–Trinajstić information content (AvgIpc) is 2.38. The number of nitriles is 1. The van der Waals surface area contributed by atoms with Crippen LogP contribution in [0.4, 0.5) is 0 Å². The van der Waals surface area contributed by atoms with Crippen molar-refractivity contribution in [2.45, 2.75) is 17.9 Å². The lowest BCUT2D eigenvalue weighted by atomic mass is 10.3. The Morgan fingerprint density at radius 1 is 1.61 bits per heavy atom. The zero-order chi connectivity index (χ0) is 13.4. The molecule has 4 nitrogen and oxygen atoms in total. The number of halogens is 1. The fraction of sp³-hybridized carbons (Fsp3) is 0.417. The summed E-state index contributed by atoms with van der Waals surface area (Å²) in [6.45, 7) is 0.485. The van der Waals surface area contributed by atoms with Gasteiger partial charge in [-0.1, -0.05) is 11.6 Å². The van der Waals surface area contributed by atoms with E-state index >= 15 is 0 Å². The van der Waals surface area contributed by atoms with Crippen molar-refractivity contribution >= 4 is 29.3 Å². The molecule has 1 amide bonds. The summed E-state index contributed by atoms with van der Waals surface area (Å²) < 4.78 is 0. The van der Waals surface area contributed by atoms with Gasteiger partial charge in [-0.3, -0.25) is 4.79 Å². The van der Waals surface area contributed by atoms with Crippen LogP contribution in [-0.4, -0.2) is 35.1 Å². The van der Waals surface area contributed by atoms with Crippen molar-refractivity contribution in [2.24, 2.45) is 0 Å². The van der Waals surface area contributed by atoms with E-state index in [-0.39, 0.29) is 5.91 Å². The molecule has 0 atom stereocenters. The molecule has 0 N–H and O–H groups in total. The summed E-state index contributed by atoms with van der Waals surface area (Å²) in [6.07, 6.45) is 2.40. The van der Waals surface area contributed by atoms with Crippen LogP contribution in [0.15, 0.2) is 23.4 Å². The third kappa shape index (κ3) is 5.39. The monoisotopic (exact) mass is 283 g/mol. The lowest BCUT2D eigenvalue weighted by Crippen LogP contribution is -2.27. The summed E-state index contributed by atoms with van der Waals surface area (Å²) in [5.74, 6) is 0.719. The molecular weight excluding hydrogens is 270 g/mol. The van der Waals surface area contributed by atoms with Crippen molar-refractivity contribution in [2.75, 3.05) is 19.3 Å². The second-order valence-electron chi connectivity index (χ2n) is 3.64. The Bertz CT molecular complexity index is 430. The predicted octanol–water partition coefficient (Wildman–Crippen LogP) is 2.59. The quantitative estimate of drug-likeness (QED) is 0.753. The molecule has 0 unspecified atom stereocenters. The van der Waals surface area contributed by atoms with E-state index in [0.717, 1.165) is 5.03 Å². The Hall–Kier alpha value is -1.25. The van der Waals surface area contributed by atoms with Crippen molar-refractivity contribution in [3.63, 3.8) is 0 Å². The van der Waals surface area contributed by atoms with Crippen molar-refractivity contribution in [3.8, 4) is 6.07 Å². The Morgan fingerprint density at radius 2 is 2.39 bits per heavy atom. The van der Waals surface area contributed by atoms with Gasteiger partial charge in [-0.05, 0) is 12.1 Å². The molecule has 1 rings (SSSR count). The molecular formula is C12H14ClN3OS. The van der Waals surface area contributed by atoms with E-state index in [1.165, 1.54) is 11.8 Å². The van der Waals surface area contributed by atoms with Gasteiger partial charge < -0.3 is 4.90 Å². The van der Waals surface area contributed by atoms with Crippen LogP contribution in [0, 0.1) is 11.3 Å². The number of thioether (sulfide) groups is 1. The predicted molar refractivity (Wildman–Crippen MR) is 72.5 cm³/mol. The Morgan fingerprint density at radius 3 is 3.00 bits per heavy atom. The van der Waals surface area contributed by atoms with E-state index in [1.807, 2.05) is 12.1 Å². The number of pyridine rings is 1. The topological polar surface area (TPSA) is 57.0 Å². The molecule has 0 aliphatic heterocycles. The van der Waals surface area contributed by atoms with Gasteiger partial charge >= 0.3 is 0 Å². The van der Waals surface area contributed by atoms with Crippen LogP contribution in [0.5, 0.6) is 0 Å². The van der Waals surface area contributed by atoms with Crippen LogP contribution in [0.2, 0.25) is 5.02 Å². The molecule has 0 radical (unpaired) electrons. The maximum atomic E-state index is 11.7. The first-order valence-electron chi connectivity index (χ1n) is 5.48. The molecule has 0 aliphatic rings. The van der Waals surface area contributed by atoms with E-state index in [9.17, 15) is 4.79 Å². The van der Waals surface area contributed by atoms with Gasteiger partial charge in [0.1, 0.15) is 0 Å². The standard InChI is InChI=1S/C12H14ClN3OS/c1-16(7-2-6-14)12(17)5-8-18-11-4-3-10(13)9-15-11/h3-4,9H,2,5,7-8H2,1H3. The minimum absolute atomic E-state index is 0.0479. The van der Waals surface area contributed by atoms with Crippen molar-refractivity contribution < 1.29 is 4.79 Å². The molecule has 0 aromatic carbocycles. The molecule has 1 heterocycles. The Balaban J connectivity index is 2.27. The minimum Gasteiger partial charge on any atom is -0.345 e. The molecule has 0 saturated heterocycles.